The molecule has 2 rings (SSSR count). The summed E-state index contributed by atoms with van der Waals surface area (Å²) in [5, 5.41) is 2.12. The third-order valence-electron chi connectivity index (χ3n) is 2.92. The van der Waals surface area contributed by atoms with Crippen molar-refractivity contribution >= 4 is 28.8 Å². The van der Waals surface area contributed by atoms with Crippen LogP contribution >= 0.6 is 23.1 Å². The van der Waals surface area contributed by atoms with Crippen LogP contribution in [0.5, 0.6) is 0 Å². The van der Waals surface area contributed by atoms with Crippen molar-refractivity contribution in [3.8, 4) is 0 Å². The Balaban J connectivity index is 2.26. The van der Waals surface area contributed by atoms with Crippen LogP contribution in [0.1, 0.15) is 10.4 Å². The second-order valence-corrected chi connectivity index (χ2v) is 5.98. The molecule has 0 atom stereocenters. The van der Waals surface area contributed by atoms with Gasteiger partial charge in [0, 0.05) is 34.6 Å². The maximum atomic E-state index is 5.90. The number of benzene rings is 1. The summed E-state index contributed by atoms with van der Waals surface area (Å²) in [4.78, 5) is 4.91. The van der Waals surface area contributed by atoms with Crippen molar-refractivity contribution in [2.75, 3.05) is 18.2 Å². The molecule has 0 aliphatic rings. The van der Waals surface area contributed by atoms with Crippen LogP contribution in [0.15, 0.2) is 40.6 Å². The van der Waals surface area contributed by atoms with E-state index in [4.69, 9.17) is 5.73 Å². The summed E-state index contributed by atoms with van der Waals surface area (Å²) in [5.41, 5.74) is 8.37. The highest BCUT2D eigenvalue weighted by Crippen LogP contribution is 2.29. The molecule has 4 heteroatoms. The van der Waals surface area contributed by atoms with Gasteiger partial charge in [-0.2, -0.15) is 0 Å². The van der Waals surface area contributed by atoms with Crippen LogP contribution in [0.4, 0.5) is 5.69 Å². The molecule has 0 aliphatic heterocycles. The molecule has 1 aromatic carbocycles. The van der Waals surface area contributed by atoms with Crippen molar-refractivity contribution in [3.05, 3.63) is 46.2 Å². The van der Waals surface area contributed by atoms with Gasteiger partial charge in [-0.15, -0.1) is 23.1 Å². The highest BCUT2D eigenvalue weighted by Gasteiger charge is 2.10. The zero-order chi connectivity index (χ0) is 13.0. The summed E-state index contributed by atoms with van der Waals surface area (Å²) < 4.78 is 0. The van der Waals surface area contributed by atoms with Crippen LogP contribution in [0.2, 0.25) is 0 Å². The smallest absolute Gasteiger partial charge is 0.0519 e. The van der Waals surface area contributed by atoms with E-state index in [-0.39, 0.29) is 0 Å². The number of nitrogens with zero attached hydrogens (tertiary/aromatic N) is 1. The Morgan fingerprint density at radius 2 is 2.11 bits per heavy atom. The van der Waals surface area contributed by atoms with Crippen LogP contribution in [-0.2, 0) is 13.1 Å². The summed E-state index contributed by atoms with van der Waals surface area (Å²) >= 11 is 3.55. The molecule has 2 nitrogen and oxygen atoms in total. The van der Waals surface area contributed by atoms with Gasteiger partial charge in [-0.25, -0.2) is 0 Å². The molecular formula is C14H18N2S2. The van der Waals surface area contributed by atoms with Gasteiger partial charge >= 0.3 is 0 Å². The largest absolute Gasteiger partial charge is 0.369 e. The Labute approximate surface area is 117 Å². The molecule has 0 unspecified atom stereocenters. The Bertz CT molecular complexity index is 495. The molecule has 0 saturated heterocycles. The minimum absolute atomic E-state index is 0.584. The van der Waals surface area contributed by atoms with Gasteiger partial charge in [0.15, 0.2) is 0 Å². The van der Waals surface area contributed by atoms with E-state index in [9.17, 15) is 0 Å². The molecule has 18 heavy (non-hydrogen) atoms. The molecule has 0 aliphatic carbocycles. The first-order valence-corrected chi connectivity index (χ1v) is 7.96. The molecule has 96 valence electrons. The zero-order valence-corrected chi connectivity index (χ0v) is 12.4. The summed E-state index contributed by atoms with van der Waals surface area (Å²) in [7, 11) is 2.12. The Kier molecular flexibility index (Phi) is 4.69. The third-order valence-corrected chi connectivity index (χ3v) is 4.60. The average molecular weight is 278 g/mol. The number of rotatable bonds is 5. The van der Waals surface area contributed by atoms with Crippen LogP contribution in [-0.4, -0.2) is 13.3 Å². The van der Waals surface area contributed by atoms with E-state index in [1.54, 1.807) is 23.1 Å². The normalized spacial score (nSPS) is 10.6. The number of anilines is 1. The number of thiophene rings is 1. The molecule has 2 N–H and O–H groups in total. The van der Waals surface area contributed by atoms with E-state index in [0.29, 0.717) is 6.54 Å². The standard InChI is InChI=1S/C14H18N2S2/c1-16(10-11-5-4-8-18-11)13-6-3-7-14(17-2)12(13)9-15/h3-8H,9-10,15H2,1-2H3. The topological polar surface area (TPSA) is 29.3 Å². The lowest BCUT2D eigenvalue weighted by molar-refractivity contribution is 0.906. The Morgan fingerprint density at radius 3 is 2.72 bits per heavy atom. The lowest BCUT2D eigenvalue weighted by Gasteiger charge is -2.23. The van der Waals surface area contributed by atoms with Crippen molar-refractivity contribution in [2.24, 2.45) is 5.73 Å². The number of nitrogens with two attached hydrogens (primary N) is 1. The van der Waals surface area contributed by atoms with E-state index >= 15 is 0 Å². The Morgan fingerprint density at radius 1 is 1.28 bits per heavy atom. The van der Waals surface area contributed by atoms with Gasteiger partial charge < -0.3 is 10.6 Å². The van der Waals surface area contributed by atoms with Crippen LogP contribution < -0.4 is 10.6 Å². The van der Waals surface area contributed by atoms with Gasteiger partial charge in [0.25, 0.3) is 0 Å². The SMILES string of the molecule is CSc1cccc(N(C)Cc2cccs2)c1CN. The molecule has 0 radical (unpaired) electrons. The van der Waals surface area contributed by atoms with Crippen LogP contribution in [0, 0.1) is 0 Å². The van der Waals surface area contributed by atoms with E-state index in [1.807, 2.05) is 0 Å². The summed E-state index contributed by atoms with van der Waals surface area (Å²) in [5.74, 6) is 0. The summed E-state index contributed by atoms with van der Waals surface area (Å²) in [6, 6.07) is 10.6. The number of hydrogen-bond donors (Lipinski definition) is 1. The number of thioether (sulfide) groups is 1. The van der Waals surface area contributed by atoms with Gasteiger partial charge in [0.2, 0.25) is 0 Å². The molecule has 0 spiro atoms. The van der Waals surface area contributed by atoms with Crippen molar-refractivity contribution in [1.29, 1.82) is 0 Å². The predicted octanol–water partition coefficient (Wildman–Crippen LogP) is 3.57. The van der Waals surface area contributed by atoms with E-state index in [1.165, 1.54) is 21.0 Å². The quantitative estimate of drug-likeness (QED) is 0.848. The van der Waals surface area contributed by atoms with E-state index in [0.717, 1.165) is 6.54 Å². The van der Waals surface area contributed by atoms with Gasteiger partial charge in [-0.3, -0.25) is 0 Å². The van der Waals surface area contributed by atoms with Gasteiger partial charge in [0.1, 0.15) is 0 Å². The lowest BCUT2D eigenvalue weighted by atomic mass is 10.1. The van der Waals surface area contributed by atoms with Crippen molar-refractivity contribution < 1.29 is 0 Å². The maximum absolute atomic E-state index is 5.90. The molecular weight excluding hydrogens is 260 g/mol. The molecule has 0 bridgehead atoms. The minimum atomic E-state index is 0.584. The predicted molar refractivity (Wildman–Crippen MR) is 82.5 cm³/mol. The molecule has 2 aromatic rings. The van der Waals surface area contributed by atoms with E-state index in [2.05, 4.69) is 53.9 Å². The zero-order valence-electron chi connectivity index (χ0n) is 10.7. The Hall–Kier alpha value is -0.970. The third kappa shape index (κ3) is 2.88. The maximum Gasteiger partial charge on any atom is 0.0519 e. The van der Waals surface area contributed by atoms with Crippen LogP contribution in [0.25, 0.3) is 0 Å². The fraction of sp³-hybridized carbons (Fsp3) is 0.286. The fourth-order valence-corrected chi connectivity index (χ4v) is 3.44. The summed E-state index contributed by atoms with van der Waals surface area (Å²) in [6.07, 6.45) is 2.09. The number of hydrogen-bond acceptors (Lipinski definition) is 4. The first-order valence-electron chi connectivity index (χ1n) is 5.85. The highest BCUT2D eigenvalue weighted by molar-refractivity contribution is 7.98. The second-order valence-electron chi connectivity index (χ2n) is 4.10. The fourth-order valence-electron chi connectivity index (χ4n) is 2.03. The van der Waals surface area contributed by atoms with Gasteiger partial charge in [-0.1, -0.05) is 12.1 Å². The van der Waals surface area contributed by atoms with Gasteiger partial charge in [0.05, 0.1) is 6.54 Å². The van der Waals surface area contributed by atoms with Crippen LogP contribution in [0.3, 0.4) is 0 Å². The second kappa shape index (κ2) is 6.27. The summed E-state index contributed by atoms with van der Waals surface area (Å²) in [6.45, 7) is 1.52. The molecule has 0 saturated carbocycles. The van der Waals surface area contributed by atoms with Crippen molar-refractivity contribution in [3.63, 3.8) is 0 Å². The highest BCUT2D eigenvalue weighted by atomic mass is 32.2. The average Bonchev–Trinajstić information content (AvgIpc) is 2.90. The first kappa shape index (κ1) is 13.5. The van der Waals surface area contributed by atoms with E-state index < -0.39 is 0 Å². The molecule has 1 aromatic heterocycles. The lowest BCUT2D eigenvalue weighted by Crippen LogP contribution is -2.18. The molecule has 1 heterocycles. The first-order chi connectivity index (χ1) is 8.76. The van der Waals surface area contributed by atoms with Gasteiger partial charge in [-0.05, 0) is 29.8 Å². The molecule has 0 amide bonds. The molecule has 0 fully saturated rings. The minimum Gasteiger partial charge on any atom is -0.369 e. The van der Waals surface area contributed by atoms with Crippen molar-refractivity contribution in [1.82, 2.24) is 0 Å². The monoisotopic (exact) mass is 278 g/mol. The van der Waals surface area contributed by atoms with Crippen molar-refractivity contribution in [2.45, 2.75) is 18.0 Å².